The number of hydrogen-bond donors (Lipinski definition) is 2. The molecule has 6 unspecified atom stereocenters. The number of carbonyl (C=O) groups excluding carboxylic acids is 1. The number of amides is 1. The molecule has 3 aliphatic rings. The maximum absolute atomic E-state index is 15.1. The summed E-state index contributed by atoms with van der Waals surface area (Å²) in [4.78, 5) is 23.3. The summed E-state index contributed by atoms with van der Waals surface area (Å²) < 4.78 is 35.1. The van der Waals surface area contributed by atoms with Crippen LogP contribution in [0.3, 0.4) is 0 Å². The number of rotatable bonds is 28. The van der Waals surface area contributed by atoms with E-state index in [1.165, 1.54) is 44.2 Å². The van der Waals surface area contributed by atoms with E-state index < -0.39 is 23.3 Å². The Morgan fingerprint density at radius 2 is 1.57 bits per heavy atom. The first-order valence-corrected chi connectivity index (χ1v) is 24.0. The number of hydrogen-bond acceptors (Lipinski definition) is 8. The summed E-state index contributed by atoms with van der Waals surface area (Å²) in [6, 6.07) is 11.7. The number of ether oxygens (including phenoxy) is 3. The van der Waals surface area contributed by atoms with Crippen LogP contribution in [0.2, 0.25) is 0 Å². The van der Waals surface area contributed by atoms with Crippen molar-refractivity contribution in [2.75, 3.05) is 26.4 Å². The zero-order chi connectivity index (χ0) is 45.2. The minimum absolute atomic E-state index is 0.0197. The van der Waals surface area contributed by atoms with Gasteiger partial charge in [-0.15, -0.1) is 6.58 Å². The van der Waals surface area contributed by atoms with E-state index in [1.54, 1.807) is 24.3 Å². The number of aliphatic hydroxyl groups is 2. The van der Waals surface area contributed by atoms with Gasteiger partial charge in [-0.3, -0.25) is 4.79 Å². The van der Waals surface area contributed by atoms with Crippen molar-refractivity contribution in [2.24, 2.45) is 22.9 Å². The first-order valence-electron chi connectivity index (χ1n) is 24.0. The van der Waals surface area contributed by atoms with Gasteiger partial charge in [0.05, 0.1) is 18.2 Å². The van der Waals surface area contributed by atoms with Crippen molar-refractivity contribution in [1.82, 2.24) is 4.90 Å². The molecule has 1 heterocycles. The van der Waals surface area contributed by atoms with Gasteiger partial charge in [0.15, 0.2) is 0 Å². The Hall–Kier alpha value is -3.99. The zero-order valence-corrected chi connectivity index (χ0v) is 38.8. The van der Waals surface area contributed by atoms with Gasteiger partial charge in [0.25, 0.3) is 0 Å². The molecule has 2 aliphatic carbocycles. The van der Waals surface area contributed by atoms with E-state index in [0.29, 0.717) is 43.8 Å². The molecule has 2 aromatic rings. The van der Waals surface area contributed by atoms with Crippen molar-refractivity contribution in [2.45, 2.75) is 167 Å². The summed E-state index contributed by atoms with van der Waals surface area (Å²) >= 11 is 0. The third kappa shape index (κ3) is 13.5. The normalized spacial score (nSPS) is 23.3. The maximum Gasteiger partial charge on any atom is 0.239 e. The second kappa shape index (κ2) is 24.9. The fourth-order valence-electron chi connectivity index (χ4n) is 9.97. The molecule has 0 bridgehead atoms. The quantitative estimate of drug-likeness (QED) is 0.0498. The van der Waals surface area contributed by atoms with Gasteiger partial charge in [-0.05, 0) is 106 Å². The molecule has 1 saturated carbocycles. The zero-order valence-electron chi connectivity index (χ0n) is 38.8. The van der Waals surface area contributed by atoms with E-state index in [9.17, 15) is 14.6 Å². The number of benzene rings is 2. The number of oxime groups is 1. The number of fused-ring (bicyclic) bond motifs is 2. The van der Waals surface area contributed by atoms with Gasteiger partial charge < -0.3 is 34.2 Å². The Bertz CT molecular complexity index is 1800. The summed E-state index contributed by atoms with van der Waals surface area (Å²) in [5.41, 5.74) is 2.93. The topological polar surface area (TPSA) is 110 Å². The highest BCUT2D eigenvalue weighted by Gasteiger charge is 2.65. The second-order valence-electron chi connectivity index (χ2n) is 18.8. The van der Waals surface area contributed by atoms with Crippen LogP contribution in [0.4, 0.5) is 4.39 Å². The molecule has 63 heavy (non-hydrogen) atoms. The Morgan fingerprint density at radius 1 is 0.905 bits per heavy atom. The van der Waals surface area contributed by atoms with Crippen LogP contribution in [-0.4, -0.2) is 70.6 Å². The first-order chi connectivity index (χ1) is 30.5. The lowest BCUT2D eigenvalue weighted by atomic mass is 9.55. The van der Waals surface area contributed by atoms with Crippen LogP contribution in [0.25, 0.3) is 0 Å². The smallest absolute Gasteiger partial charge is 0.239 e. The lowest BCUT2D eigenvalue weighted by Gasteiger charge is -2.60. The van der Waals surface area contributed by atoms with Gasteiger partial charge in [-0.25, -0.2) is 4.39 Å². The Labute approximate surface area is 377 Å². The number of nitrogens with zero attached hydrogens (tertiary/aromatic N) is 2. The van der Waals surface area contributed by atoms with Crippen molar-refractivity contribution in [3.63, 3.8) is 0 Å². The number of halogens is 1. The van der Waals surface area contributed by atoms with Crippen LogP contribution < -0.4 is 9.47 Å². The van der Waals surface area contributed by atoms with Gasteiger partial charge in [0.2, 0.25) is 11.7 Å². The van der Waals surface area contributed by atoms with E-state index in [0.717, 1.165) is 73.8 Å². The summed E-state index contributed by atoms with van der Waals surface area (Å²) in [5.74, 6) is -0.810. The van der Waals surface area contributed by atoms with Crippen LogP contribution in [-0.2, 0) is 20.9 Å². The molecule has 0 radical (unpaired) electrons. The minimum Gasteiger partial charge on any atom is -0.490 e. The summed E-state index contributed by atoms with van der Waals surface area (Å²) in [6.45, 7) is 17.0. The highest BCUT2D eigenvalue weighted by Crippen LogP contribution is 2.62. The van der Waals surface area contributed by atoms with Gasteiger partial charge in [-0.1, -0.05) is 113 Å². The van der Waals surface area contributed by atoms with Crippen LogP contribution in [0.5, 0.6) is 11.5 Å². The molecule has 10 heteroatoms. The monoisotopic (exact) mass is 873 g/mol. The standard InChI is InChI=1S/C53H77FN2O7/c1-7-10-11-12-13-14-15-16-17-24-49(59)56(38-39-25-27-41(54)28-26-39)48-37-46(55-63-52(4,5)6)44-35-40(22-18-20-31-57)43(23-19-21-32-58)50-45-36-42(60-33-8-2)29-30-47(45)62-53(48,51(44)50)61-34-9-3/h8-9,25-30,35-36,40,43,48,50-51,57-58H,2-3,7,10-24,31-34,37-38H2,1,4-6H3. The Kier molecular flexibility index (Phi) is 19.8. The SMILES string of the molecule is C=CCOc1ccc2c(c1)C1C(CCCCO)C(CCCCO)C=C3C(=NOC(C)(C)C)CC(N(Cc4ccc(F)cc4)C(=O)CCCCCCCCCCC)C(OCC=C)(O2)C31. The van der Waals surface area contributed by atoms with Gasteiger partial charge in [0.1, 0.15) is 35.6 Å². The average molecular weight is 873 g/mol. The molecular weight excluding hydrogens is 796 g/mol. The van der Waals surface area contributed by atoms with Crippen molar-refractivity contribution in [3.05, 3.63) is 96.4 Å². The van der Waals surface area contributed by atoms with Crippen LogP contribution in [0.15, 0.2) is 84.6 Å². The van der Waals surface area contributed by atoms with E-state index in [-0.39, 0.29) is 55.8 Å². The van der Waals surface area contributed by atoms with E-state index in [4.69, 9.17) is 24.2 Å². The lowest BCUT2D eigenvalue weighted by Crippen LogP contribution is -2.70. The van der Waals surface area contributed by atoms with Gasteiger partial charge >= 0.3 is 0 Å². The molecule has 2 N–H and O–H groups in total. The van der Waals surface area contributed by atoms with E-state index in [1.807, 2.05) is 37.8 Å². The minimum atomic E-state index is -1.39. The second-order valence-corrected chi connectivity index (χ2v) is 18.8. The predicted molar refractivity (Wildman–Crippen MR) is 250 cm³/mol. The Balaban J connectivity index is 1.69. The summed E-state index contributed by atoms with van der Waals surface area (Å²) in [6.07, 6.45) is 21.4. The number of aliphatic hydroxyl groups excluding tert-OH is 2. The molecule has 0 spiro atoms. The van der Waals surface area contributed by atoms with E-state index >= 15 is 4.79 Å². The van der Waals surface area contributed by atoms with Crippen molar-refractivity contribution in [3.8, 4) is 11.5 Å². The molecule has 9 nitrogen and oxygen atoms in total. The molecule has 1 amide bonds. The summed E-state index contributed by atoms with van der Waals surface area (Å²) in [5, 5.41) is 24.9. The molecule has 0 aromatic heterocycles. The maximum atomic E-state index is 15.1. The molecule has 1 aliphatic heterocycles. The molecule has 5 rings (SSSR count). The van der Waals surface area contributed by atoms with Gasteiger partial charge in [-0.2, -0.15) is 0 Å². The van der Waals surface area contributed by atoms with Crippen molar-refractivity contribution >= 4 is 11.6 Å². The molecule has 348 valence electrons. The number of unbranched alkanes of at least 4 members (excludes halogenated alkanes) is 10. The van der Waals surface area contributed by atoms with Crippen LogP contribution in [0, 0.1) is 23.6 Å². The largest absolute Gasteiger partial charge is 0.490 e. The summed E-state index contributed by atoms with van der Waals surface area (Å²) in [7, 11) is 0. The molecule has 6 atom stereocenters. The van der Waals surface area contributed by atoms with Crippen LogP contribution >= 0.6 is 0 Å². The van der Waals surface area contributed by atoms with Gasteiger partial charge in [0, 0.05) is 44.1 Å². The average Bonchev–Trinajstić information content (AvgIpc) is 3.27. The molecule has 0 saturated heterocycles. The highest BCUT2D eigenvalue weighted by atomic mass is 19.1. The van der Waals surface area contributed by atoms with Crippen LogP contribution in [0.1, 0.15) is 154 Å². The predicted octanol–water partition coefficient (Wildman–Crippen LogP) is 11.8. The highest BCUT2D eigenvalue weighted by molar-refractivity contribution is 6.03. The molecule has 1 fully saturated rings. The van der Waals surface area contributed by atoms with Crippen molar-refractivity contribution in [1.29, 1.82) is 0 Å². The lowest BCUT2D eigenvalue weighted by molar-refractivity contribution is -0.258. The number of carbonyl (C=O) groups is 1. The fraction of sp³-hybridized carbons (Fsp3) is 0.623. The first kappa shape index (κ1) is 50.0. The fourth-order valence-corrected chi connectivity index (χ4v) is 9.97. The third-order valence-corrected chi connectivity index (χ3v) is 12.9. The van der Waals surface area contributed by atoms with Crippen molar-refractivity contribution < 1.29 is 38.4 Å². The van der Waals surface area contributed by atoms with E-state index in [2.05, 4.69) is 32.2 Å². The third-order valence-electron chi connectivity index (χ3n) is 12.9. The number of allylic oxidation sites excluding steroid dienone is 1. The molecular formula is C53H77FN2O7. The molecule has 2 aromatic carbocycles. The Morgan fingerprint density at radius 3 is 2.22 bits per heavy atom.